The minimum atomic E-state index is -0.0634. The van der Waals surface area contributed by atoms with E-state index in [4.69, 9.17) is 9.84 Å². The van der Waals surface area contributed by atoms with Crippen molar-refractivity contribution in [1.29, 1.82) is 0 Å². The molecule has 0 aliphatic carbocycles. The number of nitrogens with one attached hydrogen (secondary N) is 1. The maximum absolute atomic E-state index is 11.5. The molecular formula is C18H35NO3. The van der Waals surface area contributed by atoms with Gasteiger partial charge in [0.15, 0.2) is 0 Å². The number of hydrogen-bond acceptors (Lipinski definition) is 4. The molecular weight excluding hydrogens is 278 g/mol. The molecule has 0 aromatic rings. The van der Waals surface area contributed by atoms with Gasteiger partial charge in [0.05, 0.1) is 13.2 Å². The predicted molar refractivity (Wildman–Crippen MR) is 91.9 cm³/mol. The summed E-state index contributed by atoms with van der Waals surface area (Å²) in [7, 11) is 0. The fourth-order valence-electron chi connectivity index (χ4n) is 2.12. The molecule has 0 saturated carbocycles. The Balaban J connectivity index is 3.21. The van der Waals surface area contributed by atoms with Gasteiger partial charge in [-0.3, -0.25) is 4.79 Å². The van der Waals surface area contributed by atoms with Crippen LogP contribution in [0.25, 0.3) is 0 Å². The van der Waals surface area contributed by atoms with Crippen LogP contribution in [0.1, 0.15) is 71.1 Å². The van der Waals surface area contributed by atoms with Gasteiger partial charge in [-0.2, -0.15) is 0 Å². The number of aliphatic hydroxyl groups excluding tert-OH is 1. The first-order valence-corrected chi connectivity index (χ1v) is 8.93. The molecule has 0 rings (SSSR count). The summed E-state index contributed by atoms with van der Waals surface area (Å²) in [5.74, 6) is -0.0634. The lowest BCUT2D eigenvalue weighted by molar-refractivity contribution is -0.143. The average Bonchev–Trinajstić information content (AvgIpc) is 2.52. The molecule has 0 bridgehead atoms. The van der Waals surface area contributed by atoms with Crippen LogP contribution in [-0.2, 0) is 9.53 Å². The van der Waals surface area contributed by atoms with Gasteiger partial charge in [-0.1, -0.05) is 51.2 Å². The molecule has 4 nitrogen and oxygen atoms in total. The molecule has 0 saturated heterocycles. The van der Waals surface area contributed by atoms with Gasteiger partial charge < -0.3 is 15.2 Å². The molecule has 22 heavy (non-hydrogen) atoms. The van der Waals surface area contributed by atoms with E-state index < -0.39 is 0 Å². The van der Waals surface area contributed by atoms with Crippen molar-refractivity contribution in [2.75, 3.05) is 26.3 Å². The summed E-state index contributed by atoms with van der Waals surface area (Å²) in [6.45, 7) is 4.55. The molecule has 0 amide bonds. The van der Waals surface area contributed by atoms with Crippen molar-refractivity contribution < 1.29 is 14.6 Å². The summed E-state index contributed by atoms with van der Waals surface area (Å²) >= 11 is 0. The van der Waals surface area contributed by atoms with Crippen molar-refractivity contribution >= 4 is 5.97 Å². The summed E-state index contributed by atoms with van der Waals surface area (Å²) in [5.41, 5.74) is 0. The Morgan fingerprint density at radius 2 is 1.73 bits per heavy atom. The lowest BCUT2D eigenvalue weighted by atomic mass is 10.1. The first-order valence-electron chi connectivity index (χ1n) is 8.93. The second-order valence-corrected chi connectivity index (χ2v) is 5.61. The summed E-state index contributed by atoms with van der Waals surface area (Å²) in [6, 6.07) is 0. The molecule has 4 heteroatoms. The minimum Gasteiger partial charge on any atom is -0.465 e. The molecule has 130 valence electrons. The largest absolute Gasteiger partial charge is 0.465 e. The van der Waals surface area contributed by atoms with E-state index in [9.17, 15) is 4.79 Å². The molecule has 0 aliphatic rings. The normalized spacial score (nSPS) is 11.2. The van der Waals surface area contributed by atoms with Crippen LogP contribution in [0.5, 0.6) is 0 Å². The minimum absolute atomic E-state index is 0.0634. The monoisotopic (exact) mass is 313 g/mol. The molecule has 2 N–H and O–H groups in total. The van der Waals surface area contributed by atoms with Crippen molar-refractivity contribution in [2.24, 2.45) is 0 Å². The second kappa shape index (κ2) is 18.2. The standard InChI is InChI=1S/C18H35NO3/c1-2-3-4-5-9-12-17-22-18(21)13-10-7-6-8-11-14-19-15-16-20/h5,9,19-20H,2-4,6-8,10-17H2,1H3/b9-5-. The zero-order chi connectivity index (χ0) is 16.3. The number of esters is 1. The maximum Gasteiger partial charge on any atom is 0.305 e. The molecule has 0 fully saturated rings. The van der Waals surface area contributed by atoms with Crippen molar-refractivity contribution in [3.8, 4) is 0 Å². The van der Waals surface area contributed by atoms with Crippen LogP contribution in [0.15, 0.2) is 12.2 Å². The maximum atomic E-state index is 11.5. The second-order valence-electron chi connectivity index (χ2n) is 5.61. The van der Waals surface area contributed by atoms with E-state index in [1.807, 2.05) is 0 Å². The molecule has 0 unspecified atom stereocenters. The number of rotatable bonds is 16. The Morgan fingerprint density at radius 1 is 1.00 bits per heavy atom. The summed E-state index contributed by atoms with van der Waals surface area (Å²) < 4.78 is 5.20. The fraction of sp³-hybridized carbons (Fsp3) is 0.833. The van der Waals surface area contributed by atoms with Crippen LogP contribution in [0.2, 0.25) is 0 Å². The number of hydrogen-bond donors (Lipinski definition) is 2. The smallest absolute Gasteiger partial charge is 0.305 e. The van der Waals surface area contributed by atoms with E-state index in [0.29, 0.717) is 19.6 Å². The van der Waals surface area contributed by atoms with Crippen LogP contribution < -0.4 is 5.32 Å². The number of carbonyl (C=O) groups excluding carboxylic acids is 1. The quantitative estimate of drug-likeness (QED) is 0.260. The number of ether oxygens (including phenoxy) is 1. The lowest BCUT2D eigenvalue weighted by Crippen LogP contribution is -2.19. The Bertz CT molecular complexity index is 267. The van der Waals surface area contributed by atoms with Crippen LogP contribution in [0.3, 0.4) is 0 Å². The van der Waals surface area contributed by atoms with Crippen molar-refractivity contribution in [2.45, 2.75) is 71.1 Å². The van der Waals surface area contributed by atoms with Crippen LogP contribution >= 0.6 is 0 Å². The molecule has 0 spiro atoms. The third-order valence-electron chi connectivity index (χ3n) is 3.46. The highest BCUT2D eigenvalue weighted by atomic mass is 16.5. The molecule has 0 atom stereocenters. The summed E-state index contributed by atoms with van der Waals surface area (Å²) in [5, 5.41) is 11.8. The predicted octanol–water partition coefficient (Wildman–Crippen LogP) is 3.59. The Hall–Kier alpha value is -0.870. The van der Waals surface area contributed by atoms with Crippen molar-refractivity contribution in [3.63, 3.8) is 0 Å². The summed E-state index contributed by atoms with van der Waals surface area (Å²) in [4.78, 5) is 11.5. The number of allylic oxidation sites excluding steroid dienone is 1. The Morgan fingerprint density at radius 3 is 2.50 bits per heavy atom. The highest BCUT2D eigenvalue weighted by molar-refractivity contribution is 5.69. The van der Waals surface area contributed by atoms with Gasteiger partial charge in [0, 0.05) is 13.0 Å². The third-order valence-corrected chi connectivity index (χ3v) is 3.46. The first-order chi connectivity index (χ1) is 10.8. The SMILES string of the molecule is CCCC/C=C\CCOC(=O)CCCCCCCNCCO. The molecule has 0 radical (unpaired) electrons. The van der Waals surface area contributed by atoms with Crippen molar-refractivity contribution in [1.82, 2.24) is 5.32 Å². The molecule has 0 heterocycles. The molecule has 0 aromatic carbocycles. The van der Waals surface area contributed by atoms with E-state index in [-0.39, 0.29) is 12.6 Å². The number of aliphatic hydroxyl groups is 1. The zero-order valence-corrected chi connectivity index (χ0v) is 14.3. The Kier molecular flexibility index (Phi) is 17.5. The van der Waals surface area contributed by atoms with Gasteiger partial charge in [-0.15, -0.1) is 0 Å². The van der Waals surface area contributed by atoms with Crippen LogP contribution in [0, 0.1) is 0 Å². The highest BCUT2D eigenvalue weighted by Gasteiger charge is 2.01. The van der Waals surface area contributed by atoms with Gasteiger partial charge in [0.2, 0.25) is 0 Å². The van der Waals surface area contributed by atoms with Crippen LogP contribution in [0.4, 0.5) is 0 Å². The number of unbranched alkanes of at least 4 members (excludes halogenated alkanes) is 6. The van der Waals surface area contributed by atoms with Gasteiger partial charge in [-0.05, 0) is 32.2 Å². The van der Waals surface area contributed by atoms with E-state index in [0.717, 1.165) is 45.1 Å². The third kappa shape index (κ3) is 17.2. The zero-order valence-electron chi connectivity index (χ0n) is 14.3. The summed E-state index contributed by atoms with van der Waals surface area (Å²) in [6.07, 6.45) is 14.7. The number of carbonyl (C=O) groups is 1. The van der Waals surface area contributed by atoms with Gasteiger partial charge >= 0.3 is 5.97 Å². The van der Waals surface area contributed by atoms with Gasteiger partial charge in [0.1, 0.15) is 0 Å². The highest BCUT2D eigenvalue weighted by Crippen LogP contribution is 2.06. The first kappa shape index (κ1) is 21.1. The Labute approximate surface area is 136 Å². The van der Waals surface area contributed by atoms with E-state index in [2.05, 4.69) is 24.4 Å². The van der Waals surface area contributed by atoms with Crippen LogP contribution in [-0.4, -0.2) is 37.4 Å². The van der Waals surface area contributed by atoms with E-state index in [1.165, 1.54) is 19.3 Å². The van der Waals surface area contributed by atoms with Gasteiger partial charge in [-0.25, -0.2) is 0 Å². The topological polar surface area (TPSA) is 58.6 Å². The molecule has 0 aromatic heterocycles. The van der Waals surface area contributed by atoms with Gasteiger partial charge in [0.25, 0.3) is 0 Å². The lowest BCUT2D eigenvalue weighted by Gasteiger charge is -2.04. The van der Waals surface area contributed by atoms with E-state index in [1.54, 1.807) is 0 Å². The van der Waals surface area contributed by atoms with Crippen molar-refractivity contribution in [3.05, 3.63) is 12.2 Å². The van der Waals surface area contributed by atoms with E-state index >= 15 is 0 Å². The average molecular weight is 313 g/mol. The molecule has 0 aliphatic heterocycles. The fourth-order valence-corrected chi connectivity index (χ4v) is 2.12.